The van der Waals surface area contributed by atoms with Crippen molar-refractivity contribution in [3.8, 4) is 0 Å². The lowest BCUT2D eigenvalue weighted by molar-refractivity contribution is -0.119. The van der Waals surface area contributed by atoms with Crippen LogP contribution in [0.4, 0.5) is 5.69 Å². The highest BCUT2D eigenvalue weighted by Crippen LogP contribution is 2.22. The molecule has 1 saturated heterocycles. The van der Waals surface area contributed by atoms with E-state index in [9.17, 15) is 13.2 Å². The number of sulfonamides is 1. The summed E-state index contributed by atoms with van der Waals surface area (Å²) in [5, 5.41) is 0. The summed E-state index contributed by atoms with van der Waals surface area (Å²) in [6.45, 7) is 0.937. The van der Waals surface area contributed by atoms with Crippen LogP contribution in [-0.4, -0.2) is 25.4 Å². The molecule has 3 rings (SSSR count). The molecule has 24 heavy (non-hydrogen) atoms. The topological polar surface area (TPSA) is 71.4 Å². The van der Waals surface area contributed by atoms with Gasteiger partial charge in [-0.1, -0.05) is 0 Å². The van der Waals surface area contributed by atoms with Gasteiger partial charge in [0.15, 0.2) is 0 Å². The van der Waals surface area contributed by atoms with Crippen LogP contribution in [0.15, 0.2) is 47.6 Å². The minimum absolute atomic E-state index is 0.0964. The van der Waals surface area contributed by atoms with E-state index in [0.29, 0.717) is 13.0 Å². The Balaban J connectivity index is 1.70. The minimum atomic E-state index is -3.57. The van der Waals surface area contributed by atoms with E-state index in [1.165, 1.54) is 0 Å². The smallest absolute Gasteiger partial charge is 0.240 e. The van der Waals surface area contributed by atoms with Crippen LogP contribution in [-0.2, 0) is 28.4 Å². The van der Waals surface area contributed by atoms with Crippen LogP contribution < -0.4 is 9.62 Å². The van der Waals surface area contributed by atoms with Crippen LogP contribution in [0.25, 0.3) is 0 Å². The van der Waals surface area contributed by atoms with Gasteiger partial charge in [0.1, 0.15) is 0 Å². The summed E-state index contributed by atoms with van der Waals surface area (Å²) in [5.74, 6) is 0.0964. The molecule has 0 spiro atoms. The maximum absolute atomic E-state index is 12.4. The van der Waals surface area contributed by atoms with Gasteiger partial charge in [0.2, 0.25) is 15.9 Å². The van der Waals surface area contributed by atoms with E-state index < -0.39 is 10.0 Å². The fourth-order valence-corrected chi connectivity index (χ4v) is 3.83. The molecule has 6 nitrogen and oxygen atoms in total. The van der Waals surface area contributed by atoms with E-state index in [-0.39, 0.29) is 17.3 Å². The van der Waals surface area contributed by atoms with Crippen molar-refractivity contribution < 1.29 is 13.2 Å². The largest absolute Gasteiger partial charge is 0.357 e. The Kier molecular flexibility index (Phi) is 4.73. The molecule has 1 aromatic carbocycles. The Bertz CT molecular complexity index is 825. The molecule has 0 radical (unpaired) electrons. The minimum Gasteiger partial charge on any atom is -0.357 e. The van der Waals surface area contributed by atoms with Gasteiger partial charge >= 0.3 is 0 Å². The van der Waals surface area contributed by atoms with Crippen molar-refractivity contribution in [3.63, 3.8) is 0 Å². The first-order valence-electron chi connectivity index (χ1n) is 7.97. The van der Waals surface area contributed by atoms with Crippen molar-refractivity contribution in [3.05, 3.63) is 48.3 Å². The normalized spacial score (nSPS) is 15.7. The van der Waals surface area contributed by atoms with Crippen LogP contribution in [0.5, 0.6) is 0 Å². The monoisotopic (exact) mass is 347 g/mol. The summed E-state index contributed by atoms with van der Waals surface area (Å²) in [6, 6.07) is 8.35. The number of benzene rings is 1. The van der Waals surface area contributed by atoms with Crippen molar-refractivity contribution in [2.24, 2.45) is 7.05 Å². The molecule has 0 saturated carbocycles. The molecular weight excluding hydrogens is 326 g/mol. The first-order chi connectivity index (χ1) is 11.5. The zero-order valence-corrected chi connectivity index (χ0v) is 14.4. The molecule has 1 N–H and O–H groups in total. The van der Waals surface area contributed by atoms with E-state index in [4.69, 9.17) is 0 Å². The molecule has 128 valence electrons. The summed E-state index contributed by atoms with van der Waals surface area (Å²) < 4.78 is 29.2. The maximum Gasteiger partial charge on any atom is 0.240 e. The number of carbonyl (C=O) groups is 1. The fraction of sp³-hybridized carbons (Fsp3) is 0.353. The highest BCUT2D eigenvalue weighted by molar-refractivity contribution is 7.89. The van der Waals surface area contributed by atoms with Crippen LogP contribution in [0.3, 0.4) is 0 Å². The van der Waals surface area contributed by atoms with Crippen molar-refractivity contribution in [2.75, 3.05) is 11.4 Å². The van der Waals surface area contributed by atoms with Crippen LogP contribution in [0.1, 0.15) is 24.8 Å². The van der Waals surface area contributed by atoms with Gasteiger partial charge in [0.25, 0.3) is 0 Å². The Morgan fingerprint density at radius 2 is 1.88 bits per heavy atom. The number of aryl methyl sites for hydroxylation is 1. The van der Waals surface area contributed by atoms with Crippen molar-refractivity contribution in [1.29, 1.82) is 0 Å². The lowest BCUT2D eigenvalue weighted by atomic mass is 10.1. The van der Waals surface area contributed by atoms with Gasteiger partial charge < -0.3 is 9.47 Å². The Morgan fingerprint density at radius 1 is 1.12 bits per heavy atom. The van der Waals surface area contributed by atoms with E-state index in [2.05, 4.69) is 4.72 Å². The molecule has 2 heterocycles. The zero-order chi connectivity index (χ0) is 17.2. The molecule has 1 aromatic heterocycles. The zero-order valence-electron chi connectivity index (χ0n) is 13.6. The summed E-state index contributed by atoms with van der Waals surface area (Å²) in [4.78, 5) is 13.9. The third kappa shape index (κ3) is 3.68. The fourth-order valence-electron chi connectivity index (χ4n) is 2.81. The standard InChI is InChI=1S/C17H21N3O3S/c1-19-11-9-14(13-19)12-18-24(22,23)16-7-5-15(6-8-16)20-10-3-2-4-17(20)21/h5-9,11,13,18H,2-4,10,12H2,1H3. The predicted octanol–water partition coefficient (Wildman–Crippen LogP) is 2.02. The van der Waals surface area contributed by atoms with Crippen LogP contribution in [0, 0.1) is 0 Å². The quantitative estimate of drug-likeness (QED) is 0.899. The molecule has 0 bridgehead atoms. The number of nitrogens with one attached hydrogen (secondary N) is 1. The number of hydrogen-bond acceptors (Lipinski definition) is 3. The van der Waals surface area contributed by atoms with E-state index in [1.54, 1.807) is 29.2 Å². The Morgan fingerprint density at radius 3 is 2.50 bits per heavy atom. The van der Waals surface area contributed by atoms with E-state index >= 15 is 0 Å². The number of rotatable bonds is 5. The lowest BCUT2D eigenvalue weighted by Crippen LogP contribution is -2.35. The average molecular weight is 347 g/mol. The van der Waals surface area contributed by atoms with E-state index in [0.717, 1.165) is 24.1 Å². The number of nitrogens with zero attached hydrogens (tertiary/aromatic N) is 2. The van der Waals surface area contributed by atoms with Crippen LogP contribution in [0.2, 0.25) is 0 Å². The van der Waals surface area contributed by atoms with Crippen LogP contribution >= 0.6 is 0 Å². The number of amides is 1. The highest BCUT2D eigenvalue weighted by atomic mass is 32.2. The van der Waals surface area contributed by atoms with Gasteiger partial charge in [-0.15, -0.1) is 0 Å². The van der Waals surface area contributed by atoms with Gasteiger partial charge in [0.05, 0.1) is 4.90 Å². The number of anilines is 1. The highest BCUT2D eigenvalue weighted by Gasteiger charge is 2.20. The average Bonchev–Trinajstić information content (AvgIpc) is 2.99. The second kappa shape index (κ2) is 6.78. The summed E-state index contributed by atoms with van der Waals surface area (Å²) in [7, 11) is -1.69. The molecule has 2 aromatic rings. The molecular formula is C17H21N3O3S. The number of aromatic nitrogens is 1. The molecule has 0 aliphatic carbocycles. The SMILES string of the molecule is Cn1ccc(CNS(=O)(=O)c2ccc(N3CCCCC3=O)cc2)c1. The molecule has 0 unspecified atom stereocenters. The Labute approximate surface area is 142 Å². The van der Waals surface area contributed by atoms with E-state index in [1.807, 2.05) is 30.1 Å². The third-order valence-corrected chi connectivity index (χ3v) is 5.56. The molecule has 1 aliphatic heterocycles. The Hall–Kier alpha value is -2.12. The van der Waals surface area contributed by atoms with Crippen molar-refractivity contribution in [1.82, 2.24) is 9.29 Å². The first-order valence-corrected chi connectivity index (χ1v) is 9.45. The number of piperidine rings is 1. The molecule has 1 fully saturated rings. The molecule has 7 heteroatoms. The second-order valence-corrected chi connectivity index (χ2v) is 7.77. The molecule has 1 aliphatic rings. The lowest BCUT2D eigenvalue weighted by Gasteiger charge is -2.26. The summed E-state index contributed by atoms with van der Waals surface area (Å²) in [6.07, 6.45) is 6.19. The van der Waals surface area contributed by atoms with Gasteiger partial charge in [-0.3, -0.25) is 4.79 Å². The van der Waals surface area contributed by atoms with Gasteiger partial charge in [-0.25, -0.2) is 13.1 Å². The third-order valence-electron chi connectivity index (χ3n) is 4.14. The first kappa shape index (κ1) is 16.7. The molecule has 1 amide bonds. The van der Waals surface area contributed by atoms with Gasteiger partial charge in [-0.2, -0.15) is 0 Å². The second-order valence-electron chi connectivity index (χ2n) is 6.01. The van der Waals surface area contributed by atoms with Crippen molar-refractivity contribution in [2.45, 2.75) is 30.7 Å². The van der Waals surface area contributed by atoms with Gasteiger partial charge in [0, 0.05) is 44.6 Å². The van der Waals surface area contributed by atoms with Gasteiger partial charge in [-0.05, 0) is 48.7 Å². The summed E-state index contributed by atoms with van der Waals surface area (Å²) in [5.41, 5.74) is 1.65. The molecule has 0 atom stereocenters. The maximum atomic E-state index is 12.4. The number of carbonyl (C=O) groups excluding carboxylic acids is 1. The predicted molar refractivity (Wildman–Crippen MR) is 92.1 cm³/mol. The number of hydrogen-bond donors (Lipinski definition) is 1. The van der Waals surface area contributed by atoms with Crippen molar-refractivity contribution >= 4 is 21.6 Å². The summed E-state index contributed by atoms with van der Waals surface area (Å²) >= 11 is 0.